The summed E-state index contributed by atoms with van der Waals surface area (Å²) in [6.07, 6.45) is 6.65. The second-order valence-corrected chi connectivity index (χ2v) is 5.03. The summed E-state index contributed by atoms with van der Waals surface area (Å²) in [4.78, 5) is 11.2. The second-order valence-electron chi connectivity index (χ2n) is 5.03. The smallest absolute Gasteiger partial charge is 0.250 e. The first-order valence-corrected chi connectivity index (χ1v) is 6.60. The Morgan fingerprint density at radius 2 is 2.06 bits per heavy atom. The van der Waals surface area contributed by atoms with Crippen LogP contribution in [0.2, 0.25) is 0 Å². The molecule has 1 aromatic rings. The quantitative estimate of drug-likeness (QED) is 0.699. The van der Waals surface area contributed by atoms with Gasteiger partial charge in [-0.2, -0.15) is 0 Å². The van der Waals surface area contributed by atoms with E-state index >= 15 is 0 Å². The molecule has 5 N–H and O–H groups in total. The largest absolute Gasteiger partial charge is 0.398 e. The molecule has 0 aliphatic heterocycles. The molecule has 0 atom stereocenters. The highest BCUT2D eigenvalue weighted by Crippen LogP contribution is 2.27. The number of carbonyl (C=O) groups is 1. The van der Waals surface area contributed by atoms with E-state index in [-0.39, 0.29) is 0 Å². The molecule has 1 aliphatic rings. The van der Waals surface area contributed by atoms with Crippen LogP contribution in [-0.4, -0.2) is 12.5 Å². The molecule has 0 bridgehead atoms. The third-order valence-electron chi connectivity index (χ3n) is 3.68. The van der Waals surface area contributed by atoms with Gasteiger partial charge in [-0.05, 0) is 30.5 Å². The van der Waals surface area contributed by atoms with Crippen LogP contribution in [0.1, 0.15) is 42.5 Å². The van der Waals surface area contributed by atoms with Gasteiger partial charge in [0.1, 0.15) is 0 Å². The number of benzene rings is 1. The van der Waals surface area contributed by atoms with E-state index < -0.39 is 5.91 Å². The standard InChI is InChI=1S/C14H21N3O/c15-13-6-5-11(9-12(13)14(16)18)17-8-7-10-3-1-2-4-10/h5-6,9-10,17H,1-4,7-8,15H2,(H2,16,18). The number of rotatable bonds is 5. The van der Waals surface area contributed by atoms with E-state index in [1.54, 1.807) is 12.1 Å². The van der Waals surface area contributed by atoms with Crippen molar-refractivity contribution in [2.45, 2.75) is 32.1 Å². The van der Waals surface area contributed by atoms with E-state index in [1.165, 1.54) is 32.1 Å². The summed E-state index contributed by atoms with van der Waals surface area (Å²) in [5.74, 6) is 0.383. The molecular weight excluding hydrogens is 226 g/mol. The summed E-state index contributed by atoms with van der Waals surface area (Å²) in [6.45, 7) is 0.937. The highest BCUT2D eigenvalue weighted by molar-refractivity contribution is 5.98. The van der Waals surface area contributed by atoms with Crippen LogP contribution in [0.25, 0.3) is 0 Å². The number of nitrogens with one attached hydrogen (secondary N) is 1. The monoisotopic (exact) mass is 247 g/mol. The zero-order valence-corrected chi connectivity index (χ0v) is 10.6. The van der Waals surface area contributed by atoms with Crippen LogP contribution < -0.4 is 16.8 Å². The molecule has 1 aliphatic carbocycles. The first kappa shape index (κ1) is 12.7. The fourth-order valence-corrected chi connectivity index (χ4v) is 2.60. The first-order chi connectivity index (χ1) is 8.66. The Balaban J connectivity index is 1.88. The lowest BCUT2D eigenvalue weighted by molar-refractivity contribution is 0.100. The molecule has 98 valence electrons. The van der Waals surface area contributed by atoms with Crippen LogP contribution in [-0.2, 0) is 0 Å². The van der Waals surface area contributed by atoms with E-state index in [0.717, 1.165) is 18.2 Å². The molecule has 0 heterocycles. The summed E-state index contributed by atoms with van der Waals surface area (Å²) in [7, 11) is 0. The van der Waals surface area contributed by atoms with Gasteiger partial charge >= 0.3 is 0 Å². The van der Waals surface area contributed by atoms with Crippen LogP contribution in [0.5, 0.6) is 0 Å². The fraction of sp³-hybridized carbons (Fsp3) is 0.500. The number of carbonyl (C=O) groups excluding carboxylic acids is 1. The summed E-state index contributed by atoms with van der Waals surface area (Å²) in [6, 6.07) is 5.33. The van der Waals surface area contributed by atoms with Crippen LogP contribution in [0.3, 0.4) is 0 Å². The number of hydrogen-bond acceptors (Lipinski definition) is 3. The van der Waals surface area contributed by atoms with Crippen molar-refractivity contribution in [2.75, 3.05) is 17.6 Å². The number of primary amides is 1. The van der Waals surface area contributed by atoms with E-state index in [4.69, 9.17) is 11.5 Å². The lowest BCUT2D eigenvalue weighted by Crippen LogP contribution is -2.14. The molecule has 0 aromatic heterocycles. The Hall–Kier alpha value is -1.71. The van der Waals surface area contributed by atoms with Gasteiger partial charge in [-0.25, -0.2) is 0 Å². The summed E-state index contributed by atoms with van der Waals surface area (Å²) >= 11 is 0. The average Bonchev–Trinajstić information content (AvgIpc) is 2.84. The minimum atomic E-state index is -0.480. The van der Waals surface area contributed by atoms with Gasteiger partial charge in [-0.1, -0.05) is 25.7 Å². The van der Waals surface area contributed by atoms with Gasteiger partial charge in [0.05, 0.1) is 5.56 Å². The van der Waals surface area contributed by atoms with Crippen LogP contribution >= 0.6 is 0 Å². The van der Waals surface area contributed by atoms with Crippen molar-refractivity contribution >= 4 is 17.3 Å². The molecule has 18 heavy (non-hydrogen) atoms. The summed E-state index contributed by atoms with van der Waals surface area (Å²) < 4.78 is 0. The minimum absolute atomic E-state index is 0.390. The molecule has 0 unspecified atom stereocenters. The van der Waals surface area contributed by atoms with Crippen LogP contribution in [0.15, 0.2) is 18.2 Å². The molecule has 0 radical (unpaired) electrons. The number of nitrogens with two attached hydrogens (primary N) is 2. The van der Waals surface area contributed by atoms with Crippen LogP contribution in [0.4, 0.5) is 11.4 Å². The van der Waals surface area contributed by atoms with E-state index in [0.29, 0.717) is 11.3 Å². The molecule has 0 saturated heterocycles. The van der Waals surface area contributed by atoms with E-state index in [1.807, 2.05) is 6.07 Å². The molecule has 1 fully saturated rings. The Labute approximate surface area is 108 Å². The molecule has 1 amide bonds. The number of nitrogen functional groups attached to an aromatic ring is 1. The molecule has 4 heteroatoms. The molecule has 0 spiro atoms. The first-order valence-electron chi connectivity index (χ1n) is 6.60. The summed E-state index contributed by atoms with van der Waals surface area (Å²) in [5.41, 5.74) is 12.7. The van der Waals surface area contributed by atoms with Gasteiger partial charge < -0.3 is 16.8 Å². The zero-order valence-electron chi connectivity index (χ0n) is 10.6. The van der Waals surface area contributed by atoms with Gasteiger partial charge in [-0.15, -0.1) is 0 Å². The predicted molar refractivity (Wildman–Crippen MR) is 74.4 cm³/mol. The van der Waals surface area contributed by atoms with Crippen molar-refractivity contribution in [3.8, 4) is 0 Å². The highest BCUT2D eigenvalue weighted by Gasteiger charge is 2.14. The molecule has 1 saturated carbocycles. The van der Waals surface area contributed by atoms with Crippen molar-refractivity contribution < 1.29 is 4.79 Å². The topological polar surface area (TPSA) is 81.1 Å². The maximum absolute atomic E-state index is 11.2. The third-order valence-corrected chi connectivity index (χ3v) is 3.68. The molecule has 2 rings (SSSR count). The van der Waals surface area contributed by atoms with Gasteiger partial charge in [0, 0.05) is 17.9 Å². The minimum Gasteiger partial charge on any atom is -0.398 e. The maximum Gasteiger partial charge on any atom is 0.250 e. The Morgan fingerprint density at radius 3 is 2.72 bits per heavy atom. The van der Waals surface area contributed by atoms with Crippen molar-refractivity contribution in [1.29, 1.82) is 0 Å². The van der Waals surface area contributed by atoms with Gasteiger partial charge in [0.15, 0.2) is 0 Å². The molecule has 4 nitrogen and oxygen atoms in total. The lowest BCUT2D eigenvalue weighted by atomic mass is 10.0. The third kappa shape index (κ3) is 3.15. The molecular formula is C14H21N3O. The number of anilines is 2. The van der Waals surface area contributed by atoms with Gasteiger partial charge in [0.2, 0.25) is 0 Å². The fourth-order valence-electron chi connectivity index (χ4n) is 2.60. The van der Waals surface area contributed by atoms with E-state index in [2.05, 4.69) is 5.32 Å². The van der Waals surface area contributed by atoms with Crippen molar-refractivity contribution in [2.24, 2.45) is 11.7 Å². The normalized spacial score (nSPS) is 15.8. The van der Waals surface area contributed by atoms with Crippen molar-refractivity contribution in [3.05, 3.63) is 23.8 Å². The zero-order chi connectivity index (χ0) is 13.0. The van der Waals surface area contributed by atoms with Crippen molar-refractivity contribution in [3.63, 3.8) is 0 Å². The van der Waals surface area contributed by atoms with Gasteiger partial charge in [-0.3, -0.25) is 4.79 Å². The average molecular weight is 247 g/mol. The number of amides is 1. The highest BCUT2D eigenvalue weighted by atomic mass is 16.1. The Morgan fingerprint density at radius 1 is 1.33 bits per heavy atom. The summed E-state index contributed by atoms with van der Waals surface area (Å²) in [5, 5.41) is 3.33. The lowest BCUT2D eigenvalue weighted by Gasteiger charge is -2.12. The molecule has 1 aromatic carbocycles. The van der Waals surface area contributed by atoms with Gasteiger partial charge in [0.25, 0.3) is 5.91 Å². The Kier molecular flexibility index (Phi) is 4.07. The predicted octanol–water partition coefficient (Wildman–Crippen LogP) is 2.36. The Bertz CT molecular complexity index is 425. The van der Waals surface area contributed by atoms with Crippen LogP contribution in [0, 0.1) is 5.92 Å². The number of hydrogen-bond donors (Lipinski definition) is 3. The van der Waals surface area contributed by atoms with E-state index in [9.17, 15) is 4.79 Å². The maximum atomic E-state index is 11.2. The second kappa shape index (κ2) is 5.76. The van der Waals surface area contributed by atoms with Crippen molar-refractivity contribution in [1.82, 2.24) is 0 Å². The SMILES string of the molecule is NC(=O)c1cc(NCCC2CCCC2)ccc1N.